The highest BCUT2D eigenvalue weighted by Crippen LogP contribution is 2.43. The fourth-order valence-corrected chi connectivity index (χ4v) is 10.2. The molecule has 0 bridgehead atoms. The average Bonchev–Trinajstić information content (AvgIpc) is 4.13. The predicted octanol–water partition coefficient (Wildman–Crippen LogP) is 18.2. The van der Waals surface area contributed by atoms with Crippen molar-refractivity contribution in [3.8, 4) is 73.2 Å². The molecule has 0 amide bonds. The summed E-state index contributed by atoms with van der Waals surface area (Å²) in [5.74, 6) is 1.74. The Morgan fingerprint density at radius 1 is 0.319 bits per heavy atom. The molecule has 0 radical (unpaired) electrons. The lowest BCUT2D eigenvalue weighted by atomic mass is 9.93. The molecule has 0 saturated heterocycles. The Bertz CT molecular complexity index is 4340. The van der Waals surface area contributed by atoms with Crippen molar-refractivity contribution in [2.24, 2.45) is 0 Å². The minimum Gasteiger partial charge on any atom is -0.456 e. The summed E-state index contributed by atoms with van der Waals surface area (Å²) < 4.78 is 14.9. The molecule has 6 heteroatoms. The maximum Gasteiger partial charge on any atom is 0.164 e. The van der Waals surface area contributed by atoms with Crippen LogP contribution in [0.2, 0.25) is 0 Å². The van der Waals surface area contributed by atoms with Crippen LogP contribution in [-0.2, 0) is 0 Å². The van der Waals surface area contributed by atoms with Crippen LogP contribution in [-0.4, -0.2) is 19.5 Å². The fraction of sp³-hybridized carbons (Fsp3) is 0.0455. The minimum atomic E-state index is 0.569. The summed E-state index contributed by atoms with van der Waals surface area (Å²) in [4.78, 5) is 15.4. The van der Waals surface area contributed by atoms with Gasteiger partial charge in [0, 0.05) is 60.3 Å². The first-order valence-corrected chi connectivity index (χ1v) is 24.6. The number of rotatable bonds is 7. The first kappa shape index (κ1) is 42.7. The Morgan fingerprint density at radius 2 is 0.819 bits per heavy atom. The summed E-state index contributed by atoms with van der Waals surface area (Å²) in [6.45, 7) is 4.25. The van der Waals surface area contributed by atoms with Gasteiger partial charge >= 0.3 is 0 Å². The number of hydrogen-bond donors (Lipinski definition) is 0. The predicted molar refractivity (Wildman–Crippen MR) is 297 cm³/mol. The number of hydrogen-bond acceptors (Lipinski definition) is 5. The second-order valence-electron chi connectivity index (χ2n) is 18.3. The SMILES string of the molecule is CCC.c1ccc(-c2cc(-c3cccc(-c4ccc5oc6ccccc6c5c4)c3)c3c(c2)c2ccccc2n3-c2cccc(-c3nc(-c4ccccc4)nc(-c4ccc5c(c4)oc4ccccc45)n3)c2)cc1. The molecular formula is C66H46N4O2. The number of furan rings is 2. The van der Waals surface area contributed by atoms with E-state index in [9.17, 15) is 0 Å². The summed E-state index contributed by atoms with van der Waals surface area (Å²) >= 11 is 0. The third kappa shape index (κ3) is 7.49. The van der Waals surface area contributed by atoms with Gasteiger partial charge in [0.05, 0.1) is 11.0 Å². The van der Waals surface area contributed by atoms with Crippen molar-refractivity contribution in [3.05, 3.63) is 231 Å². The van der Waals surface area contributed by atoms with Crippen LogP contribution in [0, 0.1) is 0 Å². The third-order valence-electron chi connectivity index (χ3n) is 13.4. The van der Waals surface area contributed by atoms with Gasteiger partial charge in [-0.2, -0.15) is 0 Å². The van der Waals surface area contributed by atoms with E-state index in [0.29, 0.717) is 17.5 Å². The number of fused-ring (bicyclic) bond motifs is 9. The molecule has 0 N–H and O–H groups in total. The Morgan fingerprint density at radius 3 is 1.57 bits per heavy atom. The lowest BCUT2D eigenvalue weighted by Crippen LogP contribution is -2.01. The molecule has 4 aromatic heterocycles. The van der Waals surface area contributed by atoms with E-state index in [0.717, 1.165) is 111 Å². The minimum absolute atomic E-state index is 0.569. The van der Waals surface area contributed by atoms with Crippen molar-refractivity contribution >= 4 is 65.7 Å². The van der Waals surface area contributed by atoms with Crippen LogP contribution < -0.4 is 0 Å². The van der Waals surface area contributed by atoms with Crippen LogP contribution >= 0.6 is 0 Å². The lowest BCUT2D eigenvalue weighted by molar-refractivity contribution is 0.668. The zero-order valence-corrected chi connectivity index (χ0v) is 39.8. The Labute approximate surface area is 416 Å². The van der Waals surface area contributed by atoms with Gasteiger partial charge in [-0.05, 0) is 101 Å². The first-order valence-electron chi connectivity index (χ1n) is 24.6. The highest BCUT2D eigenvalue weighted by Gasteiger charge is 2.21. The molecule has 6 nitrogen and oxygen atoms in total. The molecule has 10 aromatic carbocycles. The molecule has 4 heterocycles. The normalized spacial score (nSPS) is 11.5. The summed E-state index contributed by atoms with van der Waals surface area (Å²) in [5, 5.41) is 6.69. The smallest absolute Gasteiger partial charge is 0.164 e. The maximum atomic E-state index is 6.32. The van der Waals surface area contributed by atoms with Gasteiger partial charge in [0.15, 0.2) is 17.5 Å². The Kier molecular flexibility index (Phi) is 10.6. The van der Waals surface area contributed by atoms with E-state index in [4.69, 9.17) is 23.8 Å². The van der Waals surface area contributed by atoms with E-state index in [1.54, 1.807) is 0 Å². The van der Waals surface area contributed by atoms with Crippen LogP contribution in [0.1, 0.15) is 20.3 Å². The summed E-state index contributed by atoms with van der Waals surface area (Å²) in [5.41, 5.74) is 16.0. The van der Waals surface area contributed by atoms with Gasteiger partial charge in [0.1, 0.15) is 22.3 Å². The molecule has 0 aliphatic carbocycles. The third-order valence-corrected chi connectivity index (χ3v) is 13.4. The van der Waals surface area contributed by atoms with Crippen molar-refractivity contribution in [1.29, 1.82) is 0 Å². The van der Waals surface area contributed by atoms with E-state index < -0.39 is 0 Å². The van der Waals surface area contributed by atoms with Crippen LogP contribution in [0.15, 0.2) is 239 Å². The van der Waals surface area contributed by atoms with E-state index in [2.05, 4.69) is 182 Å². The second-order valence-corrected chi connectivity index (χ2v) is 18.3. The zero-order valence-electron chi connectivity index (χ0n) is 39.8. The molecule has 14 aromatic rings. The van der Waals surface area contributed by atoms with Gasteiger partial charge < -0.3 is 13.4 Å². The van der Waals surface area contributed by atoms with Gasteiger partial charge in [0.25, 0.3) is 0 Å². The van der Waals surface area contributed by atoms with Crippen molar-refractivity contribution < 1.29 is 8.83 Å². The zero-order chi connectivity index (χ0) is 48.1. The number of para-hydroxylation sites is 3. The van der Waals surface area contributed by atoms with Crippen molar-refractivity contribution in [2.75, 3.05) is 0 Å². The lowest BCUT2D eigenvalue weighted by Gasteiger charge is -2.15. The van der Waals surface area contributed by atoms with Gasteiger partial charge in [-0.15, -0.1) is 0 Å². The highest BCUT2D eigenvalue weighted by molar-refractivity contribution is 6.16. The van der Waals surface area contributed by atoms with Crippen LogP contribution in [0.3, 0.4) is 0 Å². The van der Waals surface area contributed by atoms with Crippen molar-refractivity contribution in [3.63, 3.8) is 0 Å². The monoisotopic (exact) mass is 926 g/mol. The maximum absolute atomic E-state index is 6.32. The molecule has 0 aliphatic rings. The topological polar surface area (TPSA) is 69.9 Å². The van der Waals surface area contributed by atoms with Crippen LogP contribution in [0.25, 0.3) is 139 Å². The second kappa shape index (κ2) is 17.8. The molecule has 72 heavy (non-hydrogen) atoms. The molecule has 0 spiro atoms. The standard InChI is InChI=1S/C63H38N4O2.C3H8/c1-3-15-39(16-4-1)46-36-52(43-20-13-19-41(33-43)42-30-32-58-53(35-42)50-25-9-12-28-57(50)68-58)60-54(37-46)48-23-7-10-26-55(48)67(60)47-22-14-21-44(34-47)62-64-61(40-17-5-2-6-18-40)65-63(66-62)45-29-31-51-49-24-8-11-27-56(49)69-59(51)38-45;1-3-2/h1-38H;3H2,1-2H3. The fourth-order valence-electron chi connectivity index (χ4n) is 10.2. The van der Waals surface area contributed by atoms with Gasteiger partial charge in [-0.25, -0.2) is 15.0 Å². The van der Waals surface area contributed by atoms with E-state index in [-0.39, 0.29) is 0 Å². The molecule has 342 valence electrons. The molecule has 14 rings (SSSR count). The molecule has 0 unspecified atom stereocenters. The van der Waals surface area contributed by atoms with Crippen molar-refractivity contribution in [2.45, 2.75) is 20.3 Å². The highest BCUT2D eigenvalue weighted by atomic mass is 16.3. The molecule has 0 fully saturated rings. The Hall–Kier alpha value is -9.39. The number of benzene rings is 10. The quantitative estimate of drug-likeness (QED) is 0.159. The van der Waals surface area contributed by atoms with Gasteiger partial charge in [0.2, 0.25) is 0 Å². The summed E-state index contributed by atoms with van der Waals surface area (Å²) in [6.07, 6.45) is 1.25. The van der Waals surface area contributed by atoms with Gasteiger partial charge in [-0.3, -0.25) is 0 Å². The largest absolute Gasteiger partial charge is 0.456 e. The van der Waals surface area contributed by atoms with Crippen LogP contribution in [0.5, 0.6) is 0 Å². The van der Waals surface area contributed by atoms with E-state index in [1.165, 1.54) is 17.2 Å². The van der Waals surface area contributed by atoms with E-state index in [1.807, 2.05) is 66.7 Å². The molecular weight excluding hydrogens is 881 g/mol. The number of nitrogens with zero attached hydrogens (tertiary/aromatic N) is 4. The molecule has 0 saturated carbocycles. The van der Waals surface area contributed by atoms with Gasteiger partial charge in [-0.1, -0.05) is 178 Å². The molecule has 0 atom stereocenters. The summed E-state index contributed by atoms with van der Waals surface area (Å²) in [6, 6.07) is 80.8. The first-order chi connectivity index (χ1) is 35.6. The van der Waals surface area contributed by atoms with E-state index >= 15 is 0 Å². The number of aromatic nitrogens is 4. The summed E-state index contributed by atoms with van der Waals surface area (Å²) in [7, 11) is 0. The Balaban J connectivity index is 0.00000164. The van der Waals surface area contributed by atoms with Crippen molar-refractivity contribution in [1.82, 2.24) is 19.5 Å². The van der Waals surface area contributed by atoms with Crippen LogP contribution in [0.4, 0.5) is 0 Å². The average molecular weight is 927 g/mol. The molecule has 0 aliphatic heterocycles.